The third-order valence-electron chi connectivity index (χ3n) is 4.82. The van der Waals surface area contributed by atoms with Gasteiger partial charge in [0.25, 0.3) is 0 Å². The smallest absolute Gasteiger partial charge is 0.238 e. The van der Waals surface area contributed by atoms with Crippen LogP contribution in [0.3, 0.4) is 0 Å². The van der Waals surface area contributed by atoms with E-state index >= 15 is 0 Å². The van der Waals surface area contributed by atoms with Crippen molar-refractivity contribution in [2.75, 3.05) is 50.1 Å². The first-order chi connectivity index (χ1) is 12.7. The van der Waals surface area contributed by atoms with Crippen molar-refractivity contribution in [2.24, 2.45) is 0 Å². The molecule has 26 heavy (non-hydrogen) atoms. The Hall–Kier alpha value is -2.53. The van der Waals surface area contributed by atoms with Crippen molar-refractivity contribution in [1.29, 1.82) is 0 Å². The Kier molecular flexibility index (Phi) is 6.12. The Balaban J connectivity index is 1.46. The molecular weight excluding hydrogens is 326 g/mol. The van der Waals surface area contributed by atoms with Gasteiger partial charge in [-0.1, -0.05) is 19.1 Å². The number of carbonyl (C=O) groups is 1. The fourth-order valence-electron chi connectivity index (χ4n) is 3.18. The molecule has 1 N–H and O–H groups in total. The number of nitrogens with one attached hydrogen (secondary N) is 1. The van der Waals surface area contributed by atoms with Crippen LogP contribution in [-0.4, -0.2) is 50.6 Å². The number of anilines is 2. The Labute approximate surface area is 155 Å². The molecule has 0 spiro atoms. The largest absolute Gasteiger partial charge is 0.497 e. The van der Waals surface area contributed by atoms with Gasteiger partial charge in [-0.15, -0.1) is 0 Å². The molecule has 5 nitrogen and oxygen atoms in total. The van der Waals surface area contributed by atoms with E-state index in [1.165, 1.54) is 11.3 Å². The minimum absolute atomic E-state index is 0.0240. The molecule has 0 bridgehead atoms. The zero-order valence-electron chi connectivity index (χ0n) is 15.6. The molecule has 1 aliphatic rings. The lowest BCUT2D eigenvalue weighted by Gasteiger charge is -2.35. The maximum Gasteiger partial charge on any atom is 0.238 e. The molecule has 1 aliphatic heterocycles. The number of hydrogen-bond donors (Lipinski definition) is 1. The van der Waals surface area contributed by atoms with Gasteiger partial charge >= 0.3 is 0 Å². The Morgan fingerprint density at radius 3 is 2.23 bits per heavy atom. The van der Waals surface area contributed by atoms with Crippen LogP contribution in [0.25, 0.3) is 0 Å². The average molecular weight is 353 g/mol. The van der Waals surface area contributed by atoms with Crippen LogP contribution in [0.5, 0.6) is 5.75 Å². The summed E-state index contributed by atoms with van der Waals surface area (Å²) >= 11 is 0. The van der Waals surface area contributed by atoms with Crippen LogP contribution in [0, 0.1) is 0 Å². The van der Waals surface area contributed by atoms with Crippen molar-refractivity contribution in [3.05, 3.63) is 54.1 Å². The number of carbonyl (C=O) groups excluding carboxylic acids is 1. The molecule has 1 fully saturated rings. The molecule has 0 radical (unpaired) electrons. The number of methoxy groups -OCH3 is 1. The summed E-state index contributed by atoms with van der Waals surface area (Å²) in [6.45, 7) is 6.28. The standard InChI is InChI=1S/C21H27N3O2/c1-3-17-4-8-19(9-5-17)24-14-12-23(13-15-24)16-21(25)22-18-6-10-20(26-2)11-7-18/h4-11H,3,12-16H2,1-2H3,(H,22,25). The second kappa shape index (κ2) is 8.72. The van der Waals surface area contributed by atoms with Crippen LogP contribution in [0.1, 0.15) is 12.5 Å². The highest BCUT2D eigenvalue weighted by Crippen LogP contribution is 2.18. The zero-order valence-corrected chi connectivity index (χ0v) is 15.6. The van der Waals surface area contributed by atoms with Crippen LogP contribution in [-0.2, 0) is 11.2 Å². The van der Waals surface area contributed by atoms with E-state index < -0.39 is 0 Å². The molecule has 2 aromatic carbocycles. The highest BCUT2D eigenvalue weighted by Gasteiger charge is 2.19. The molecule has 1 heterocycles. The molecule has 0 aliphatic carbocycles. The normalized spacial score (nSPS) is 14.9. The summed E-state index contributed by atoms with van der Waals surface area (Å²) < 4.78 is 5.13. The fourth-order valence-corrected chi connectivity index (χ4v) is 3.18. The van der Waals surface area contributed by atoms with Crippen LogP contribution >= 0.6 is 0 Å². The molecule has 1 amide bonds. The van der Waals surface area contributed by atoms with Crippen molar-refractivity contribution < 1.29 is 9.53 Å². The van der Waals surface area contributed by atoms with E-state index in [4.69, 9.17) is 4.74 Å². The van der Waals surface area contributed by atoms with Gasteiger partial charge in [-0.05, 0) is 48.4 Å². The molecule has 3 rings (SSSR count). The van der Waals surface area contributed by atoms with Gasteiger partial charge in [0.1, 0.15) is 5.75 Å². The quantitative estimate of drug-likeness (QED) is 0.867. The average Bonchev–Trinajstić information content (AvgIpc) is 2.69. The topological polar surface area (TPSA) is 44.8 Å². The number of hydrogen-bond acceptors (Lipinski definition) is 4. The highest BCUT2D eigenvalue weighted by molar-refractivity contribution is 5.92. The molecule has 0 saturated carbocycles. The Morgan fingerprint density at radius 1 is 1.00 bits per heavy atom. The first kappa shape index (κ1) is 18.3. The first-order valence-electron chi connectivity index (χ1n) is 9.18. The predicted molar refractivity (Wildman–Crippen MR) is 106 cm³/mol. The fraction of sp³-hybridized carbons (Fsp3) is 0.381. The lowest BCUT2D eigenvalue weighted by Crippen LogP contribution is -2.48. The zero-order chi connectivity index (χ0) is 18.4. The molecule has 0 aromatic heterocycles. The second-order valence-electron chi connectivity index (χ2n) is 6.56. The van der Waals surface area contributed by atoms with Gasteiger partial charge in [0.15, 0.2) is 0 Å². The van der Waals surface area contributed by atoms with E-state index in [0.717, 1.165) is 44.0 Å². The van der Waals surface area contributed by atoms with Crippen molar-refractivity contribution in [3.8, 4) is 5.75 Å². The third-order valence-corrected chi connectivity index (χ3v) is 4.82. The minimum atomic E-state index is 0.0240. The van der Waals surface area contributed by atoms with E-state index in [9.17, 15) is 4.79 Å². The summed E-state index contributed by atoms with van der Waals surface area (Å²) in [6, 6.07) is 16.2. The Bertz CT molecular complexity index is 705. The number of ether oxygens (including phenoxy) is 1. The first-order valence-corrected chi connectivity index (χ1v) is 9.18. The van der Waals surface area contributed by atoms with Gasteiger partial charge in [-0.25, -0.2) is 0 Å². The summed E-state index contributed by atoms with van der Waals surface area (Å²) in [6.07, 6.45) is 1.07. The van der Waals surface area contributed by atoms with Gasteiger partial charge in [-0.3, -0.25) is 9.69 Å². The molecule has 138 valence electrons. The maximum absolute atomic E-state index is 12.3. The summed E-state index contributed by atoms with van der Waals surface area (Å²) in [5.74, 6) is 0.807. The molecule has 0 unspecified atom stereocenters. The molecule has 5 heteroatoms. The Morgan fingerprint density at radius 2 is 1.65 bits per heavy atom. The SMILES string of the molecule is CCc1ccc(N2CCN(CC(=O)Nc3ccc(OC)cc3)CC2)cc1. The van der Waals surface area contributed by atoms with Gasteiger partial charge in [0.2, 0.25) is 5.91 Å². The monoisotopic (exact) mass is 353 g/mol. The lowest BCUT2D eigenvalue weighted by molar-refractivity contribution is -0.117. The minimum Gasteiger partial charge on any atom is -0.497 e. The van der Waals surface area contributed by atoms with E-state index in [0.29, 0.717) is 6.54 Å². The molecular formula is C21H27N3O2. The van der Waals surface area contributed by atoms with Gasteiger partial charge in [0, 0.05) is 37.6 Å². The van der Waals surface area contributed by atoms with Gasteiger partial charge in [0.05, 0.1) is 13.7 Å². The summed E-state index contributed by atoms with van der Waals surface area (Å²) in [5, 5.41) is 2.95. The summed E-state index contributed by atoms with van der Waals surface area (Å²) in [5.41, 5.74) is 3.43. The van der Waals surface area contributed by atoms with Crippen LogP contribution in [0.2, 0.25) is 0 Å². The highest BCUT2D eigenvalue weighted by atomic mass is 16.5. The van der Waals surface area contributed by atoms with Gasteiger partial charge in [-0.2, -0.15) is 0 Å². The van der Waals surface area contributed by atoms with E-state index in [1.807, 2.05) is 24.3 Å². The number of rotatable bonds is 6. The number of piperazine rings is 1. The predicted octanol–water partition coefficient (Wildman–Crippen LogP) is 3.02. The maximum atomic E-state index is 12.3. The van der Waals surface area contributed by atoms with E-state index in [2.05, 4.69) is 46.3 Å². The van der Waals surface area contributed by atoms with Gasteiger partial charge < -0.3 is 15.0 Å². The number of benzene rings is 2. The number of aryl methyl sites for hydroxylation is 1. The third kappa shape index (κ3) is 4.76. The molecule has 2 aromatic rings. The second-order valence-corrected chi connectivity index (χ2v) is 6.56. The summed E-state index contributed by atoms with van der Waals surface area (Å²) in [4.78, 5) is 16.8. The van der Waals surface area contributed by atoms with Crippen LogP contribution in [0.4, 0.5) is 11.4 Å². The molecule has 0 atom stereocenters. The van der Waals surface area contributed by atoms with E-state index in [1.54, 1.807) is 7.11 Å². The van der Waals surface area contributed by atoms with Crippen LogP contribution in [0.15, 0.2) is 48.5 Å². The number of nitrogens with zero attached hydrogens (tertiary/aromatic N) is 2. The summed E-state index contributed by atoms with van der Waals surface area (Å²) in [7, 11) is 1.63. The van der Waals surface area contributed by atoms with Crippen molar-refractivity contribution in [2.45, 2.75) is 13.3 Å². The molecule has 1 saturated heterocycles. The lowest BCUT2D eigenvalue weighted by atomic mass is 10.1. The van der Waals surface area contributed by atoms with E-state index in [-0.39, 0.29) is 5.91 Å². The van der Waals surface area contributed by atoms with Crippen molar-refractivity contribution >= 4 is 17.3 Å². The van der Waals surface area contributed by atoms with Crippen molar-refractivity contribution in [3.63, 3.8) is 0 Å². The van der Waals surface area contributed by atoms with Crippen molar-refractivity contribution in [1.82, 2.24) is 4.90 Å². The van der Waals surface area contributed by atoms with Crippen LogP contribution < -0.4 is 15.0 Å². The number of amides is 1.